The van der Waals surface area contributed by atoms with Gasteiger partial charge in [0.1, 0.15) is 12.0 Å². The van der Waals surface area contributed by atoms with Gasteiger partial charge in [-0.1, -0.05) is 30.1 Å². The van der Waals surface area contributed by atoms with Crippen molar-refractivity contribution in [2.24, 2.45) is 11.8 Å². The van der Waals surface area contributed by atoms with Crippen molar-refractivity contribution in [2.45, 2.75) is 6.92 Å². The van der Waals surface area contributed by atoms with E-state index >= 15 is 0 Å². The van der Waals surface area contributed by atoms with Gasteiger partial charge in [-0.2, -0.15) is 0 Å². The van der Waals surface area contributed by atoms with Gasteiger partial charge in [-0.3, -0.25) is 4.79 Å². The minimum absolute atomic E-state index is 0.0812. The van der Waals surface area contributed by atoms with Gasteiger partial charge in [-0.25, -0.2) is 9.97 Å². The van der Waals surface area contributed by atoms with Gasteiger partial charge in [-0.05, 0) is 12.5 Å². The van der Waals surface area contributed by atoms with Crippen LogP contribution < -0.4 is 10.6 Å². The smallest absolute Gasteiger partial charge is 0.229 e. The molecule has 1 fully saturated rings. The van der Waals surface area contributed by atoms with Crippen molar-refractivity contribution in [3.63, 3.8) is 0 Å². The first kappa shape index (κ1) is 12.5. The van der Waals surface area contributed by atoms with Crippen molar-refractivity contribution in [1.82, 2.24) is 15.3 Å². The van der Waals surface area contributed by atoms with Gasteiger partial charge in [-0.15, -0.1) is 0 Å². The lowest BCUT2D eigenvalue weighted by atomic mass is 9.97. The number of carbonyl (C=O) groups excluding carboxylic acids is 1. The molecule has 2 N–H and O–H groups in total. The van der Waals surface area contributed by atoms with E-state index in [4.69, 9.17) is 23.2 Å². The van der Waals surface area contributed by atoms with Gasteiger partial charge in [0, 0.05) is 6.54 Å². The first-order valence-corrected chi connectivity index (χ1v) is 6.02. The summed E-state index contributed by atoms with van der Waals surface area (Å²) in [7, 11) is 0. The molecule has 5 nitrogen and oxygen atoms in total. The standard InChI is InChI=1S/C10H12Cl2N4O/c1-5-2-13-3-6(5)10(17)16-7-8(11)14-4-15-9(7)12/h4-6,13H,2-3H2,1H3,(H,16,17)/t5-,6-/m1/s1. The van der Waals surface area contributed by atoms with Crippen LogP contribution in [-0.4, -0.2) is 29.0 Å². The molecule has 1 amide bonds. The Morgan fingerprint density at radius 2 is 2.06 bits per heavy atom. The van der Waals surface area contributed by atoms with Crippen molar-refractivity contribution in [3.05, 3.63) is 16.6 Å². The summed E-state index contributed by atoms with van der Waals surface area (Å²) in [5.41, 5.74) is 0.278. The Kier molecular flexibility index (Phi) is 3.81. The van der Waals surface area contributed by atoms with E-state index in [1.54, 1.807) is 0 Å². The fraction of sp³-hybridized carbons (Fsp3) is 0.500. The summed E-state index contributed by atoms with van der Waals surface area (Å²) in [6.45, 7) is 3.52. The largest absolute Gasteiger partial charge is 0.321 e. The molecule has 0 unspecified atom stereocenters. The highest BCUT2D eigenvalue weighted by Gasteiger charge is 2.30. The molecule has 0 bridgehead atoms. The minimum atomic E-state index is -0.110. The molecule has 2 rings (SSSR count). The highest BCUT2D eigenvalue weighted by molar-refractivity contribution is 6.38. The van der Waals surface area contributed by atoms with Crippen LogP contribution in [0.5, 0.6) is 0 Å². The zero-order valence-electron chi connectivity index (χ0n) is 9.20. The molecule has 0 aliphatic carbocycles. The monoisotopic (exact) mass is 274 g/mol. The predicted octanol–water partition coefficient (Wildman–Crippen LogP) is 1.58. The Bertz CT molecular complexity index is 420. The molecule has 1 aromatic heterocycles. The van der Waals surface area contributed by atoms with Gasteiger partial charge in [0.25, 0.3) is 0 Å². The second-order valence-corrected chi connectivity index (χ2v) is 4.78. The van der Waals surface area contributed by atoms with Crippen LogP contribution in [0.3, 0.4) is 0 Å². The first-order valence-electron chi connectivity index (χ1n) is 5.27. The van der Waals surface area contributed by atoms with E-state index in [1.807, 2.05) is 6.92 Å². The van der Waals surface area contributed by atoms with Gasteiger partial charge in [0.2, 0.25) is 5.91 Å². The quantitative estimate of drug-likeness (QED) is 0.804. The van der Waals surface area contributed by atoms with Gasteiger partial charge < -0.3 is 10.6 Å². The first-order chi connectivity index (χ1) is 8.09. The Morgan fingerprint density at radius 3 is 2.59 bits per heavy atom. The lowest BCUT2D eigenvalue weighted by molar-refractivity contribution is -0.120. The van der Waals surface area contributed by atoms with Crippen LogP contribution in [0.4, 0.5) is 5.69 Å². The number of nitrogens with one attached hydrogen (secondary N) is 2. The van der Waals surface area contributed by atoms with E-state index in [0.29, 0.717) is 6.54 Å². The molecule has 1 aromatic rings. The molecule has 2 heterocycles. The molecular weight excluding hydrogens is 263 g/mol. The number of aromatic nitrogens is 2. The number of hydrogen-bond donors (Lipinski definition) is 2. The van der Waals surface area contributed by atoms with Crippen molar-refractivity contribution in [3.8, 4) is 0 Å². The Morgan fingerprint density at radius 1 is 1.41 bits per heavy atom. The van der Waals surface area contributed by atoms with Crippen molar-refractivity contribution >= 4 is 34.8 Å². The van der Waals surface area contributed by atoms with E-state index in [9.17, 15) is 4.79 Å². The van der Waals surface area contributed by atoms with E-state index in [-0.39, 0.29) is 33.7 Å². The fourth-order valence-electron chi connectivity index (χ4n) is 1.82. The molecule has 0 aromatic carbocycles. The molecule has 17 heavy (non-hydrogen) atoms. The average molecular weight is 275 g/mol. The third-order valence-corrected chi connectivity index (χ3v) is 3.43. The SMILES string of the molecule is C[C@@H]1CNC[C@H]1C(=O)Nc1c(Cl)ncnc1Cl. The molecule has 7 heteroatoms. The Labute approximate surface area is 109 Å². The van der Waals surface area contributed by atoms with Crippen molar-refractivity contribution < 1.29 is 4.79 Å². The number of nitrogens with zero attached hydrogens (tertiary/aromatic N) is 2. The molecule has 92 valence electrons. The van der Waals surface area contributed by atoms with Gasteiger partial charge >= 0.3 is 0 Å². The lowest BCUT2D eigenvalue weighted by Gasteiger charge is -2.14. The van der Waals surface area contributed by atoms with E-state index in [1.165, 1.54) is 6.33 Å². The maximum atomic E-state index is 12.0. The second kappa shape index (κ2) is 5.16. The van der Waals surface area contributed by atoms with Crippen LogP contribution in [0.25, 0.3) is 0 Å². The topological polar surface area (TPSA) is 66.9 Å². The van der Waals surface area contributed by atoms with Crippen LogP contribution in [-0.2, 0) is 4.79 Å². The summed E-state index contributed by atoms with van der Waals surface area (Å²) < 4.78 is 0. The highest BCUT2D eigenvalue weighted by Crippen LogP contribution is 2.27. The summed E-state index contributed by atoms with van der Waals surface area (Å²) in [6.07, 6.45) is 1.25. The number of amides is 1. The fourth-order valence-corrected chi connectivity index (χ4v) is 2.23. The van der Waals surface area contributed by atoms with Gasteiger partial charge in [0.05, 0.1) is 5.92 Å². The summed E-state index contributed by atoms with van der Waals surface area (Å²) in [6, 6.07) is 0. The summed E-state index contributed by atoms with van der Waals surface area (Å²) in [4.78, 5) is 19.6. The zero-order chi connectivity index (χ0) is 12.4. The van der Waals surface area contributed by atoms with Crippen LogP contribution in [0.15, 0.2) is 6.33 Å². The maximum absolute atomic E-state index is 12.0. The number of carbonyl (C=O) groups is 1. The van der Waals surface area contributed by atoms with E-state index in [0.717, 1.165) is 6.54 Å². The van der Waals surface area contributed by atoms with Crippen molar-refractivity contribution in [2.75, 3.05) is 18.4 Å². The number of rotatable bonds is 2. The average Bonchev–Trinajstić information content (AvgIpc) is 2.70. The molecule has 0 saturated carbocycles. The normalized spacial score (nSPS) is 23.7. The Hall–Kier alpha value is -0.910. The molecule has 1 saturated heterocycles. The predicted molar refractivity (Wildman–Crippen MR) is 66.2 cm³/mol. The van der Waals surface area contributed by atoms with Crippen LogP contribution >= 0.6 is 23.2 Å². The molecule has 0 spiro atoms. The number of halogens is 2. The second-order valence-electron chi connectivity index (χ2n) is 4.06. The molecular formula is C10H12Cl2N4O. The molecule has 1 aliphatic rings. The molecule has 0 radical (unpaired) electrons. The number of hydrogen-bond acceptors (Lipinski definition) is 4. The zero-order valence-corrected chi connectivity index (χ0v) is 10.7. The van der Waals surface area contributed by atoms with Crippen LogP contribution in [0.1, 0.15) is 6.92 Å². The number of anilines is 1. The van der Waals surface area contributed by atoms with Crippen LogP contribution in [0.2, 0.25) is 10.3 Å². The van der Waals surface area contributed by atoms with E-state index < -0.39 is 0 Å². The van der Waals surface area contributed by atoms with Crippen LogP contribution in [0, 0.1) is 11.8 Å². The highest BCUT2D eigenvalue weighted by atomic mass is 35.5. The maximum Gasteiger partial charge on any atom is 0.229 e. The Balaban J connectivity index is 2.13. The molecule has 2 atom stereocenters. The minimum Gasteiger partial charge on any atom is -0.321 e. The third-order valence-electron chi connectivity index (χ3n) is 2.86. The summed E-state index contributed by atoms with van der Waals surface area (Å²) in [5.74, 6) is 0.0978. The van der Waals surface area contributed by atoms with Gasteiger partial charge in [0.15, 0.2) is 10.3 Å². The lowest BCUT2D eigenvalue weighted by Crippen LogP contribution is -2.28. The van der Waals surface area contributed by atoms with E-state index in [2.05, 4.69) is 20.6 Å². The molecule has 1 aliphatic heterocycles. The van der Waals surface area contributed by atoms with Crippen molar-refractivity contribution in [1.29, 1.82) is 0 Å². The third kappa shape index (κ3) is 2.68. The summed E-state index contributed by atoms with van der Waals surface area (Å²) in [5, 5.41) is 6.14. The summed E-state index contributed by atoms with van der Waals surface area (Å²) >= 11 is 11.7.